The summed E-state index contributed by atoms with van der Waals surface area (Å²) >= 11 is 0. The van der Waals surface area contributed by atoms with Crippen molar-refractivity contribution < 1.29 is 4.79 Å². The molecule has 0 bridgehead atoms. The Labute approximate surface area is 169 Å². The molecular formula is C23H26N4O2. The van der Waals surface area contributed by atoms with Gasteiger partial charge in [-0.25, -0.2) is 5.10 Å². The molecule has 0 fully saturated rings. The van der Waals surface area contributed by atoms with Crippen molar-refractivity contribution in [1.82, 2.24) is 20.4 Å². The van der Waals surface area contributed by atoms with Gasteiger partial charge in [-0.15, -0.1) is 0 Å². The molecule has 29 heavy (non-hydrogen) atoms. The summed E-state index contributed by atoms with van der Waals surface area (Å²) < 4.78 is 0. The second-order valence-corrected chi connectivity index (χ2v) is 7.96. The van der Waals surface area contributed by atoms with Gasteiger partial charge in [0.1, 0.15) is 0 Å². The monoisotopic (exact) mass is 390 g/mol. The highest BCUT2D eigenvalue weighted by Crippen LogP contribution is 2.23. The Morgan fingerprint density at radius 3 is 2.55 bits per heavy atom. The van der Waals surface area contributed by atoms with Crippen molar-refractivity contribution in [2.75, 3.05) is 13.1 Å². The predicted molar refractivity (Wildman–Crippen MR) is 114 cm³/mol. The third-order valence-electron chi connectivity index (χ3n) is 5.78. The fourth-order valence-corrected chi connectivity index (χ4v) is 4.16. The van der Waals surface area contributed by atoms with Crippen molar-refractivity contribution in [2.24, 2.45) is 5.92 Å². The first-order chi connectivity index (χ1) is 14.0. The first-order valence-electron chi connectivity index (χ1n) is 10.1. The standard InChI is InChI=1S/C23H26N4O2/c1-15(2)20(27-12-11-16-7-3-4-8-17(16)14-27)13-24-23(29)21-18-9-5-6-10-19(18)22(28)26-25-21/h3-10,15,20H,11-14H2,1-2H3,(H,24,29)(H,26,28)/t20-/m0/s1. The van der Waals surface area contributed by atoms with Crippen LogP contribution in [0, 0.1) is 5.92 Å². The molecule has 1 amide bonds. The molecule has 6 nitrogen and oxygen atoms in total. The number of H-pyrrole nitrogens is 1. The Kier molecular flexibility index (Phi) is 5.45. The number of hydrogen-bond donors (Lipinski definition) is 2. The second kappa shape index (κ2) is 8.17. The third kappa shape index (κ3) is 3.93. The highest BCUT2D eigenvalue weighted by Gasteiger charge is 2.26. The van der Waals surface area contributed by atoms with Crippen LogP contribution in [0.4, 0.5) is 0 Å². The van der Waals surface area contributed by atoms with Crippen molar-refractivity contribution >= 4 is 16.7 Å². The molecule has 1 atom stereocenters. The predicted octanol–water partition coefficient (Wildman–Crippen LogP) is 2.74. The Bertz CT molecular complexity index is 1090. The SMILES string of the molecule is CC(C)[C@H](CNC(=O)c1n[nH]c(=O)c2ccccc12)N1CCc2ccccc2C1. The molecule has 4 rings (SSSR count). The number of fused-ring (bicyclic) bond motifs is 2. The van der Waals surface area contributed by atoms with Gasteiger partial charge in [0.15, 0.2) is 5.69 Å². The minimum absolute atomic E-state index is 0.223. The van der Waals surface area contributed by atoms with E-state index in [1.807, 2.05) is 6.07 Å². The third-order valence-corrected chi connectivity index (χ3v) is 5.78. The topological polar surface area (TPSA) is 78.1 Å². The average Bonchev–Trinajstić information content (AvgIpc) is 2.74. The van der Waals surface area contributed by atoms with E-state index < -0.39 is 0 Å². The van der Waals surface area contributed by atoms with Crippen LogP contribution in [0.5, 0.6) is 0 Å². The van der Waals surface area contributed by atoms with Crippen LogP contribution in [0.25, 0.3) is 10.8 Å². The maximum absolute atomic E-state index is 12.9. The Balaban J connectivity index is 1.50. The van der Waals surface area contributed by atoms with Gasteiger partial charge in [-0.05, 0) is 29.5 Å². The molecule has 2 N–H and O–H groups in total. The summed E-state index contributed by atoms with van der Waals surface area (Å²) in [4.78, 5) is 27.3. The molecule has 1 aromatic heterocycles. The van der Waals surface area contributed by atoms with Crippen LogP contribution < -0.4 is 10.9 Å². The number of carbonyl (C=O) groups is 1. The van der Waals surface area contributed by atoms with Crippen LogP contribution in [-0.2, 0) is 13.0 Å². The lowest BCUT2D eigenvalue weighted by atomic mass is 9.95. The molecule has 150 valence electrons. The van der Waals surface area contributed by atoms with E-state index in [0.29, 0.717) is 23.2 Å². The summed E-state index contributed by atoms with van der Waals surface area (Å²) in [6.45, 7) is 6.79. The second-order valence-electron chi connectivity index (χ2n) is 7.96. The van der Waals surface area contributed by atoms with Gasteiger partial charge in [0.05, 0.1) is 5.39 Å². The minimum Gasteiger partial charge on any atom is -0.349 e. The summed E-state index contributed by atoms with van der Waals surface area (Å²) in [6.07, 6.45) is 1.03. The average molecular weight is 390 g/mol. The quantitative estimate of drug-likeness (QED) is 0.702. The van der Waals surface area contributed by atoms with Crippen molar-refractivity contribution in [1.29, 1.82) is 0 Å². The van der Waals surface area contributed by atoms with Gasteiger partial charge in [0, 0.05) is 31.1 Å². The minimum atomic E-state index is -0.288. The fraction of sp³-hybridized carbons (Fsp3) is 0.348. The number of hydrogen-bond acceptors (Lipinski definition) is 4. The summed E-state index contributed by atoms with van der Waals surface area (Å²) in [5, 5.41) is 10.5. The number of nitrogens with zero attached hydrogens (tertiary/aromatic N) is 2. The maximum Gasteiger partial charge on any atom is 0.272 e. The number of rotatable bonds is 5. The molecule has 3 aromatic rings. The van der Waals surface area contributed by atoms with E-state index in [2.05, 4.69) is 58.5 Å². The summed E-state index contributed by atoms with van der Waals surface area (Å²) in [6, 6.07) is 15.8. The molecule has 1 aliphatic heterocycles. The zero-order chi connectivity index (χ0) is 20.4. The number of nitrogens with one attached hydrogen (secondary N) is 2. The molecule has 0 aliphatic carbocycles. The van der Waals surface area contributed by atoms with E-state index in [-0.39, 0.29) is 23.2 Å². The molecule has 0 saturated heterocycles. The summed E-state index contributed by atoms with van der Waals surface area (Å²) in [5.41, 5.74) is 2.75. The maximum atomic E-state index is 12.9. The number of amides is 1. The number of benzene rings is 2. The molecule has 2 aromatic carbocycles. The molecule has 1 aliphatic rings. The van der Waals surface area contributed by atoms with Crippen LogP contribution in [-0.4, -0.2) is 40.1 Å². The lowest BCUT2D eigenvalue weighted by Gasteiger charge is -2.38. The van der Waals surface area contributed by atoms with Crippen LogP contribution in [0.1, 0.15) is 35.5 Å². The molecule has 2 heterocycles. The van der Waals surface area contributed by atoms with Crippen LogP contribution in [0.3, 0.4) is 0 Å². The van der Waals surface area contributed by atoms with Gasteiger partial charge < -0.3 is 5.32 Å². The molecule has 6 heteroatoms. The zero-order valence-electron chi connectivity index (χ0n) is 16.8. The van der Waals surface area contributed by atoms with Gasteiger partial charge in [0.25, 0.3) is 11.5 Å². The highest BCUT2D eigenvalue weighted by atomic mass is 16.2. The normalized spacial score (nSPS) is 15.3. The van der Waals surface area contributed by atoms with Crippen LogP contribution in [0.2, 0.25) is 0 Å². The zero-order valence-corrected chi connectivity index (χ0v) is 16.8. The lowest BCUT2D eigenvalue weighted by molar-refractivity contribution is 0.0900. The number of aromatic amines is 1. The smallest absolute Gasteiger partial charge is 0.272 e. The van der Waals surface area contributed by atoms with Crippen molar-refractivity contribution in [3.63, 3.8) is 0 Å². The van der Waals surface area contributed by atoms with Gasteiger partial charge in [-0.2, -0.15) is 5.10 Å². The highest BCUT2D eigenvalue weighted by molar-refractivity contribution is 6.04. The summed E-state index contributed by atoms with van der Waals surface area (Å²) in [7, 11) is 0. The van der Waals surface area contributed by atoms with Crippen molar-refractivity contribution in [2.45, 2.75) is 32.9 Å². The van der Waals surface area contributed by atoms with E-state index in [0.717, 1.165) is 19.5 Å². The molecule has 0 unspecified atom stereocenters. The van der Waals surface area contributed by atoms with E-state index in [9.17, 15) is 9.59 Å². The van der Waals surface area contributed by atoms with Gasteiger partial charge >= 0.3 is 0 Å². The Morgan fingerprint density at radius 1 is 1.10 bits per heavy atom. The van der Waals surface area contributed by atoms with E-state index in [4.69, 9.17) is 0 Å². The van der Waals surface area contributed by atoms with E-state index in [1.165, 1.54) is 11.1 Å². The Hall–Kier alpha value is -2.99. The molecule has 0 spiro atoms. The first-order valence-corrected chi connectivity index (χ1v) is 10.1. The van der Waals surface area contributed by atoms with Gasteiger partial charge in [0.2, 0.25) is 0 Å². The van der Waals surface area contributed by atoms with Crippen molar-refractivity contribution in [3.05, 3.63) is 75.7 Å². The number of carbonyl (C=O) groups excluding carboxylic acids is 1. The largest absolute Gasteiger partial charge is 0.349 e. The first kappa shape index (κ1) is 19.3. The molecular weight excluding hydrogens is 364 g/mol. The Morgan fingerprint density at radius 2 is 1.79 bits per heavy atom. The molecule has 0 radical (unpaired) electrons. The number of aromatic nitrogens is 2. The van der Waals surface area contributed by atoms with Gasteiger partial charge in [-0.1, -0.05) is 56.3 Å². The summed E-state index contributed by atoms with van der Waals surface area (Å²) in [5.74, 6) is 0.126. The van der Waals surface area contributed by atoms with Crippen LogP contribution in [0.15, 0.2) is 53.3 Å². The van der Waals surface area contributed by atoms with Crippen LogP contribution >= 0.6 is 0 Å². The lowest BCUT2D eigenvalue weighted by Crippen LogP contribution is -2.48. The molecule has 0 saturated carbocycles. The van der Waals surface area contributed by atoms with E-state index in [1.54, 1.807) is 18.2 Å². The van der Waals surface area contributed by atoms with Gasteiger partial charge in [-0.3, -0.25) is 14.5 Å². The fourth-order valence-electron chi connectivity index (χ4n) is 4.16. The van der Waals surface area contributed by atoms with E-state index >= 15 is 0 Å². The van der Waals surface area contributed by atoms with Crippen molar-refractivity contribution in [3.8, 4) is 0 Å².